The molecule has 0 spiro atoms. The lowest BCUT2D eigenvalue weighted by atomic mass is 9.82. The summed E-state index contributed by atoms with van der Waals surface area (Å²) >= 11 is 0. The van der Waals surface area contributed by atoms with Crippen LogP contribution in [0.5, 0.6) is 5.88 Å². The van der Waals surface area contributed by atoms with Crippen LogP contribution in [0.3, 0.4) is 0 Å². The van der Waals surface area contributed by atoms with E-state index >= 15 is 0 Å². The van der Waals surface area contributed by atoms with Crippen LogP contribution in [0.2, 0.25) is 0 Å². The Morgan fingerprint density at radius 1 is 1.26 bits per heavy atom. The summed E-state index contributed by atoms with van der Waals surface area (Å²) < 4.78 is 20.4. The monoisotopic (exact) mass is 427 g/mol. The van der Waals surface area contributed by atoms with Gasteiger partial charge in [-0.2, -0.15) is 0 Å². The number of ether oxygens (including phenoxy) is 1. The van der Waals surface area contributed by atoms with Gasteiger partial charge in [0.05, 0.1) is 12.3 Å². The first kappa shape index (κ1) is 23.2. The zero-order chi connectivity index (χ0) is 22.6. The molecule has 5 nitrogen and oxygen atoms in total. The molecule has 0 radical (unpaired) electrons. The van der Waals surface area contributed by atoms with Crippen LogP contribution in [0.15, 0.2) is 18.5 Å². The maximum atomic E-state index is 14.8. The number of halogens is 1. The van der Waals surface area contributed by atoms with E-state index in [1.54, 1.807) is 12.4 Å². The lowest BCUT2D eigenvalue weighted by Gasteiger charge is -2.40. The zero-order valence-corrected chi connectivity index (χ0v) is 19.4. The zero-order valence-electron chi connectivity index (χ0n) is 19.4. The van der Waals surface area contributed by atoms with E-state index in [1.165, 1.54) is 6.07 Å². The van der Waals surface area contributed by atoms with Gasteiger partial charge in [0.1, 0.15) is 6.29 Å². The number of aryl methyl sites for hydroxylation is 1. The topological polar surface area (TPSA) is 55.3 Å². The molecule has 3 rings (SSSR count). The van der Waals surface area contributed by atoms with E-state index in [2.05, 4.69) is 42.6 Å². The van der Waals surface area contributed by atoms with Crippen LogP contribution >= 0.6 is 0 Å². The van der Waals surface area contributed by atoms with Crippen LogP contribution in [0.1, 0.15) is 58.2 Å². The van der Waals surface area contributed by atoms with Gasteiger partial charge >= 0.3 is 0 Å². The number of aldehydes is 1. The molecule has 6 heteroatoms. The maximum absolute atomic E-state index is 14.8. The molecule has 0 aromatic carbocycles. The fourth-order valence-corrected chi connectivity index (χ4v) is 3.89. The molecular weight excluding hydrogens is 393 g/mol. The number of pyridine rings is 2. The third-order valence-electron chi connectivity index (χ3n) is 6.41. The van der Waals surface area contributed by atoms with E-state index in [0.717, 1.165) is 61.1 Å². The van der Waals surface area contributed by atoms with Gasteiger partial charge in [-0.1, -0.05) is 34.1 Å². The number of hydrogen-bond donors (Lipinski definition) is 0. The van der Waals surface area contributed by atoms with E-state index in [1.807, 2.05) is 6.92 Å². The van der Waals surface area contributed by atoms with E-state index in [9.17, 15) is 9.18 Å². The Labute approximate surface area is 185 Å². The highest BCUT2D eigenvalue weighted by atomic mass is 19.1. The average molecular weight is 428 g/mol. The molecule has 2 aromatic rings. The highest BCUT2D eigenvalue weighted by molar-refractivity contribution is 5.82. The number of carbonyl (C=O) groups excluding carboxylic acids is 1. The summed E-state index contributed by atoms with van der Waals surface area (Å²) in [7, 11) is 0. The van der Waals surface area contributed by atoms with Crippen molar-refractivity contribution in [3.63, 3.8) is 0 Å². The molecule has 1 aliphatic heterocycles. The van der Waals surface area contributed by atoms with Crippen LogP contribution < -0.4 is 9.64 Å². The van der Waals surface area contributed by atoms with Crippen molar-refractivity contribution in [2.75, 3.05) is 24.6 Å². The summed E-state index contributed by atoms with van der Waals surface area (Å²) in [5, 5.41) is 0. The highest BCUT2D eigenvalue weighted by Crippen LogP contribution is 2.40. The van der Waals surface area contributed by atoms with E-state index < -0.39 is 5.82 Å². The Balaban J connectivity index is 2.00. The van der Waals surface area contributed by atoms with Gasteiger partial charge in [0.15, 0.2) is 5.82 Å². The van der Waals surface area contributed by atoms with Crippen LogP contribution in [-0.2, 0) is 11.2 Å². The molecule has 2 aromatic heterocycles. The van der Waals surface area contributed by atoms with Gasteiger partial charge in [0.25, 0.3) is 0 Å². The van der Waals surface area contributed by atoms with Crippen molar-refractivity contribution < 1.29 is 13.9 Å². The number of carbonyl (C=O) groups is 1. The Hall–Kier alpha value is -2.50. The van der Waals surface area contributed by atoms with E-state index in [4.69, 9.17) is 4.74 Å². The first-order valence-corrected chi connectivity index (χ1v) is 11.2. The quantitative estimate of drug-likeness (QED) is 0.529. The van der Waals surface area contributed by atoms with Crippen LogP contribution in [-0.4, -0.2) is 36.0 Å². The third kappa shape index (κ3) is 5.41. The number of aromatic nitrogens is 2. The molecule has 1 fully saturated rings. The Morgan fingerprint density at radius 3 is 2.58 bits per heavy atom. The minimum atomic E-state index is -0.482. The second-order valence-corrected chi connectivity index (χ2v) is 9.44. The molecule has 3 heterocycles. The second kappa shape index (κ2) is 9.75. The van der Waals surface area contributed by atoms with Crippen molar-refractivity contribution in [3.8, 4) is 17.0 Å². The minimum Gasteiger partial charge on any atom is -0.475 e. The van der Waals surface area contributed by atoms with Gasteiger partial charge in [-0.05, 0) is 37.2 Å². The lowest BCUT2D eigenvalue weighted by molar-refractivity contribution is -0.107. The number of hydrogen-bond acceptors (Lipinski definition) is 5. The molecule has 168 valence electrons. The van der Waals surface area contributed by atoms with Crippen LogP contribution in [0, 0.1) is 24.1 Å². The lowest BCUT2D eigenvalue weighted by Crippen LogP contribution is -2.38. The molecule has 31 heavy (non-hydrogen) atoms. The summed E-state index contributed by atoms with van der Waals surface area (Å²) in [5.74, 6) is -0.120. The Kier molecular flexibility index (Phi) is 7.29. The molecule has 0 bridgehead atoms. The van der Waals surface area contributed by atoms with Crippen LogP contribution in [0.25, 0.3) is 11.1 Å². The third-order valence-corrected chi connectivity index (χ3v) is 6.41. The van der Waals surface area contributed by atoms with E-state index in [0.29, 0.717) is 23.5 Å². The number of anilines is 1. The van der Waals surface area contributed by atoms with E-state index in [-0.39, 0.29) is 12.3 Å². The van der Waals surface area contributed by atoms with Gasteiger partial charge in [0.2, 0.25) is 5.88 Å². The summed E-state index contributed by atoms with van der Waals surface area (Å²) in [4.78, 5) is 22.5. The predicted octanol–water partition coefficient (Wildman–Crippen LogP) is 5.38. The summed E-state index contributed by atoms with van der Waals surface area (Å²) in [5.41, 5.74) is 4.47. The van der Waals surface area contributed by atoms with Crippen molar-refractivity contribution in [1.29, 1.82) is 0 Å². The van der Waals surface area contributed by atoms with Gasteiger partial charge in [-0.25, -0.2) is 9.37 Å². The maximum Gasteiger partial charge on any atom is 0.250 e. The molecule has 0 saturated carbocycles. The first-order valence-electron chi connectivity index (χ1n) is 11.2. The molecular formula is C25H34FN3O2. The van der Waals surface area contributed by atoms with Crippen molar-refractivity contribution in [2.24, 2.45) is 11.3 Å². The number of rotatable bonds is 8. The largest absolute Gasteiger partial charge is 0.475 e. The number of nitrogens with zero attached hydrogens (tertiary/aromatic N) is 3. The van der Waals surface area contributed by atoms with Crippen molar-refractivity contribution in [3.05, 3.63) is 35.5 Å². The number of piperidine rings is 1. The first-order chi connectivity index (χ1) is 14.8. The predicted molar refractivity (Wildman–Crippen MR) is 122 cm³/mol. The minimum absolute atomic E-state index is 0.0264. The SMILES string of the molecule is CCC(C)COc1ncc(-c2cnc(C)c(CC=O)c2N2CCC(C)(C)CC2)cc1F. The fraction of sp³-hybridized carbons (Fsp3) is 0.560. The highest BCUT2D eigenvalue weighted by Gasteiger charge is 2.29. The molecule has 0 aliphatic carbocycles. The normalized spacial score (nSPS) is 16.8. The van der Waals surface area contributed by atoms with Crippen molar-refractivity contribution >= 4 is 12.0 Å². The Bertz CT molecular complexity index is 919. The summed E-state index contributed by atoms with van der Waals surface area (Å²) in [6, 6.07) is 1.47. The molecule has 1 atom stereocenters. The van der Waals surface area contributed by atoms with Gasteiger partial charge in [-0.15, -0.1) is 0 Å². The van der Waals surface area contributed by atoms with Crippen molar-refractivity contribution in [1.82, 2.24) is 9.97 Å². The second-order valence-electron chi connectivity index (χ2n) is 9.44. The van der Waals surface area contributed by atoms with Gasteiger partial charge < -0.3 is 14.4 Å². The van der Waals surface area contributed by atoms with Gasteiger partial charge in [-0.3, -0.25) is 4.98 Å². The van der Waals surface area contributed by atoms with Crippen molar-refractivity contribution in [2.45, 2.75) is 60.3 Å². The fourth-order valence-electron chi connectivity index (χ4n) is 3.89. The molecule has 0 N–H and O–H groups in total. The smallest absolute Gasteiger partial charge is 0.250 e. The molecule has 1 saturated heterocycles. The van der Waals surface area contributed by atoms with Gasteiger partial charge in [0, 0.05) is 54.3 Å². The standard InChI is InChI=1S/C25H34FN3O2/c1-6-17(2)16-31-24-22(26)13-19(14-28-24)21-15-27-18(3)20(7-12-30)23(21)29-10-8-25(4,5)9-11-29/h12-15,17H,6-11,16H2,1-5H3. The molecule has 1 unspecified atom stereocenters. The summed E-state index contributed by atoms with van der Waals surface area (Å²) in [6.07, 6.45) is 7.69. The Morgan fingerprint density at radius 2 is 1.97 bits per heavy atom. The molecule has 0 amide bonds. The van der Waals surface area contributed by atoms with Crippen LogP contribution in [0.4, 0.5) is 10.1 Å². The summed E-state index contributed by atoms with van der Waals surface area (Å²) in [6.45, 7) is 12.8. The average Bonchev–Trinajstić information content (AvgIpc) is 2.74. The molecule has 1 aliphatic rings.